The fourth-order valence-corrected chi connectivity index (χ4v) is 4.15. The van der Waals surface area contributed by atoms with Crippen LogP contribution in [0.4, 0.5) is 0 Å². The molecule has 1 aliphatic carbocycles. The van der Waals surface area contributed by atoms with Crippen molar-refractivity contribution in [2.24, 2.45) is 0 Å². The van der Waals surface area contributed by atoms with E-state index >= 15 is 0 Å². The number of hydrogen-bond donors (Lipinski definition) is 1. The van der Waals surface area contributed by atoms with E-state index in [2.05, 4.69) is 45.9 Å². The molecule has 2 aromatic heterocycles. The van der Waals surface area contributed by atoms with Crippen molar-refractivity contribution >= 4 is 0 Å². The highest BCUT2D eigenvalue weighted by Crippen LogP contribution is 2.24. The topological polar surface area (TPSA) is 70.1 Å². The van der Waals surface area contributed by atoms with Crippen LogP contribution >= 0.6 is 0 Å². The summed E-state index contributed by atoms with van der Waals surface area (Å²) in [6, 6.07) is 3.50. The van der Waals surface area contributed by atoms with Crippen molar-refractivity contribution in [3.63, 3.8) is 0 Å². The van der Waals surface area contributed by atoms with Crippen LogP contribution in [0.15, 0.2) is 16.9 Å². The third kappa shape index (κ3) is 4.20. The molecule has 1 N–H and O–H groups in total. The largest absolute Gasteiger partial charge is 0.299 e. The zero-order valence-electron chi connectivity index (χ0n) is 17.4. The summed E-state index contributed by atoms with van der Waals surface area (Å²) in [5.41, 5.74) is 4.96. The summed E-state index contributed by atoms with van der Waals surface area (Å²) in [6.07, 6.45) is 3.59. The third-order valence-electron chi connectivity index (χ3n) is 5.99. The van der Waals surface area contributed by atoms with Gasteiger partial charge in [-0.2, -0.15) is 10.2 Å². The molecule has 1 aliphatic heterocycles. The molecule has 1 saturated heterocycles. The normalized spacial score (nSPS) is 18.5. The highest BCUT2D eigenvalue weighted by Gasteiger charge is 2.23. The van der Waals surface area contributed by atoms with Crippen LogP contribution in [-0.4, -0.2) is 62.5 Å². The van der Waals surface area contributed by atoms with E-state index in [1.165, 1.54) is 29.8 Å². The summed E-state index contributed by atoms with van der Waals surface area (Å²) in [5, 5.41) is 12.3. The lowest BCUT2D eigenvalue weighted by Gasteiger charge is -2.34. The van der Waals surface area contributed by atoms with E-state index in [0.717, 1.165) is 51.4 Å². The maximum atomic E-state index is 12.2. The predicted octanol–water partition coefficient (Wildman–Crippen LogP) is 1.57. The lowest BCUT2D eigenvalue weighted by atomic mass is 9.92. The van der Waals surface area contributed by atoms with Crippen molar-refractivity contribution in [1.29, 1.82) is 0 Å². The van der Waals surface area contributed by atoms with Crippen molar-refractivity contribution in [1.82, 2.24) is 29.8 Å². The first kappa shape index (κ1) is 19.3. The maximum Gasteiger partial charge on any atom is 0.266 e. The lowest BCUT2D eigenvalue weighted by Crippen LogP contribution is -2.47. The highest BCUT2D eigenvalue weighted by atomic mass is 16.1. The minimum atomic E-state index is -0.0481. The Kier molecular flexibility index (Phi) is 5.38. The number of rotatable bonds is 5. The molecular weight excluding hydrogens is 352 g/mol. The van der Waals surface area contributed by atoms with E-state index < -0.39 is 0 Å². The summed E-state index contributed by atoms with van der Waals surface area (Å²) in [4.78, 5) is 17.1. The van der Waals surface area contributed by atoms with Gasteiger partial charge in [-0.1, -0.05) is 20.8 Å². The Morgan fingerprint density at radius 2 is 1.79 bits per heavy atom. The molecule has 0 amide bonds. The van der Waals surface area contributed by atoms with Crippen molar-refractivity contribution < 1.29 is 0 Å². The molecule has 0 bridgehead atoms. The van der Waals surface area contributed by atoms with Gasteiger partial charge in [0.2, 0.25) is 0 Å². The number of aromatic nitrogens is 4. The molecule has 0 spiro atoms. The summed E-state index contributed by atoms with van der Waals surface area (Å²) in [6.45, 7) is 13.0. The van der Waals surface area contributed by atoms with Crippen LogP contribution in [0.2, 0.25) is 0 Å². The van der Waals surface area contributed by atoms with Crippen LogP contribution in [-0.2, 0) is 31.3 Å². The van der Waals surface area contributed by atoms with Gasteiger partial charge in [-0.3, -0.25) is 19.7 Å². The van der Waals surface area contributed by atoms with Crippen LogP contribution in [0.3, 0.4) is 0 Å². The monoisotopic (exact) mass is 384 g/mol. The second kappa shape index (κ2) is 7.79. The first-order chi connectivity index (χ1) is 13.4. The molecule has 0 atom stereocenters. The van der Waals surface area contributed by atoms with E-state index in [1.807, 2.05) is 6.07 Å². The average molecular weight is 385 g/mol. The van der Waals surface area contributed by atoms with Gasteiger partial charge in [-0.05, 0) is 30.9 Å². The molecule has 0 aromatic carbocycles. The molecule has 0 unspecified atom stereocenters. The van der Waals surface area contributed by atoms with Gasteiger partial charge < -0.3 is 0 Å². The SMILES string of the molecule is CC(C)(C)c1ccc(=O)n(CCN2CCN(Cc3n[nH]c4c3CCC4)CC2)n1. The average Bonchev–Trinajstić information content (AvgIpc) is 3.26. The molecule has 2 aliphatic rings. The number of nitrogens with one attached hydrogen (secondary N) is 1. The van der Waals surface area contributed by atoms with Crippen molar-refractivity contribution in [3.8, 4) is 0 Å². The van der Waals surface area contributed by atoms with E-state index in [4.69, 9.17) is 0 Å². The molecule has 7 nitrogen and oxygen atoms in total. The molecule has 0 saturated carbocycles. The van der Waals surface area contributed by atoms with Crippen LogP contribution < -0.4 is 5.56 Å². The predicted molar refractivity (Wildman–Crippen MR) is 110 cm³/mol. The quantitative estimate of drug-likeness (QED) is 0.847. The Morgan fingerprint density at radius 1 is 1.04 bits per heavy atom. The number of fused-ring (bicyclic) bond motifs is 1. The van der Waals surface area contributed by atoms with E-state index in [-0.39, 0.29) is 11.0 Å². The molecule has 7 heteroatoms. The molecule has 4 rings (SSSR count). The van der Waals surface area contributed by atoms with Gasteiger partial charge in [0.25, 0.3) is 5.56 Å². The van der Waals surface area contributed by atoms with Gasteiger partial charge in [0.15, 0.2) is 0 Å². The Balaban J connectivity index is 1.28. The first-order valence-corrected chi connectivity index (χ1v) is 10.5. The lowest BCUT2D eigenvalue weighted by molar-refractivity contribution is 0.121. The Labute approximate surface area is 166 Å². The van der Waals surface area contributed by atoms with Crippen molar-refractivity contribution in [3.05, 3.63) is 45.1 Å². The minimum absolute atomic E-state index is 0.0148. The number of H-pyrrole nitrogens is 1. The molecule has 3 heterocycles. The standard InChI is InChI=1S/C21H32N6O/c1-21(2,3)19-7-8-20(28)27(24-19)14-13-25-9-11-26(12-10-25)15-18-16-5-4-6-17(16)22-23-18/h7-8H,4-6,9-15H2,1-3H3,(H,22,23). The number of aryl methyl sites for hydroxylation is 1. The van der Waals surface area contributed by atoms with Crippen LogP contribution in [0.1, 0.15) is 49.8 Å². The van der Waals surface area contributed by atoms with Crippen LogP contribution in [0, 0.1) is 0 Å². The smallest absolute Gasteiger partial charge is 0.266 e. The summed E-state index contributed by atoms with van der Waals surface area (Å²) in [7, 11) is 0. The minimum Gasteiger partial charge on any atom is -0.299 e. The Morgan fingerprint density at radius 3 is 2.54 bits per heavy atom. The van der Waals surface area contributed by atoms with E-state index in [0.29, 0.717) is 6.54 Å². The van der Waals surface area contributed by atoms with Gasteiger partial charge in [-0.25, -0.2) is 4.68 Å². The van der Waals surface area contributed by atoms with Gasteiger partial charge in [-0.15, -0.1) is 0 Å². The zero-order chi connectivity index (χ0) is 19.7. The number of aromatic amines is 1. The number of nitrogens with zero attached hydrogens (tertiary/aromatic N) is 5. The number of piperazine rings is 1. The van der Waals surface area contributed by atoms with Crippen molar-refractivity contribution in [2.75, 3.05) is 32.7 Å². The highest BCUT2D eigenvalue weighted by molar-refractivity contribution is 5.29. The summed E-state index contributed by atoms with van der Waals surface area (Å²) >= 11 is 0. The van der Waals surface area contributed by atoms with E-state index in [9.17, 15) is 4.79 Å². The third-order valence-corrected chi connectivity index (χ3v) is 5.99. The van der Waals surface area contributed by atoms with Gasteiger partial charge in [0, 0.05) is 56.4 Å². The van der Waals surface area contributed by atoms with Crippen LogP contribution in [0.25, 0.3) is 0 Å². The molecule has 152 valence electrons. The molecule has 28 heavy (non-hydrogen) atoms. The molecular formula is C21H32N6O. The molecule has 0 radical (unpaired) electrons. The summed E-state index contributed by atoms with van der Waals surface area (Å²) in [5.74, 6) is 0. The van der Waals surface area contributed by atoms with Gasteiger partial charge >= 0.3 is 0 Å². The first-order valence-electron chi connectivity index (χ1n) is 10.5. The fraction of sp³-hybridized carbons (Fsp3) is 0.667. The second-order valence-electron chi connectivity index (χ2n) is 9.13. The zero-order valence-corrected chi connectivity index (χ0v) is 17.4. The van der Waals surface area contributed by atoms with Gasteiger partial charge in [0.05, 0.1) is 17.9 Å². The Hall–Kier alpha value is -1.99. The van der Waals surface area contributed by atoms with E-state index in [1.54, 1.807) is 10.7 Å². The Bertz CT molecular complexity index is 870. The summed E-state index contributed by atoms with van der Waals surface area (Å²) < 4.78 is 1.62. The maximum absolute atomic E-state index is 12.2. The molecule has 1 fully saturated rings. The fourth-order valence-electron chi connectivity index (χ4n) is 4.15. The number of hydrogen-bond acceptors (Lipinski definition) is 5. The van der Waals surface area contributed by atoms with Crippen LogP contribution in [0.5, 0.6) is 0 Å². The molecule has 2 aromatic rings. The van der Waals surface area contributed by atoms with Gasteiger partial charge in [0.1, 0.15) is 0 Å². The second-order valence-corrected chi connectivity index (χ2v) is 9.13. The van der Waals surface area contributed by atoms with Crippen molar-refractivity contribution in [2.45, 2.75) is 58.5 Å².